The normalized spacial score (nSPS) is 26.1. The molecule has 2 N–H and O–H groups in total. The van der Waals surface area contributed by atoms with Crippen LogP contribution in [0.4, 0.5) is 0 Å². The maximum absolute atomic E-state index is 5.80. The van der Waals surface area contributed by atoms with E-state index in [1.165, 1.54) is 50.8 Å². The fourth-order valence-corrected chi connectivity index (χ4v) is 3.55. The topological polar surface area (TPSA) is 47.1 Å². The van der Waals surface area contributed by atoms with Crippen molar-refractivity contribution in [2.75, 3.05) is 19.6 Å². The van der Waals surface area contributed by atoms with E-state index in [0.717, 1.165) is 19.6 Å². The van der Waals surface area contributed by atoms with Crippen LogP contribution in [-0.4, -0.2) is 34.3 Å². The van der Waals surface area contributed by atoms with Gasteiger partial charge in [0.25, 0.3) is 0 Å². The molecule has 1 aromatic rings. The lowest BCUT2D eigenvalue weighted by Crippen LogP contribution is -2.37. The molecule has 0 bridgehead atoms. The van der Waals surface area contributed by atoms with Gasteiger partial charge in [-0.25, -0.2) is 0 Å². The van der Waals surface area contributed by atoms with E-state index in [2.05, 4.69) is 21.8 Å². The number of rotatable bonds is 4. The zero-order valence-corrected chi connectivity index (χ0v) is 11.8. The average molecular weight is 262 g/mol. The standard InChI is InChI=1S/C15H26N4/c16-10-13-4-3-8-18(11-13)12-14-7-9-19(17-14)15-5-1-2-6-15/h7,9,13,15H,1-6,8,10-12,16H2. The van der Waals surface area contributed by atoms with Crippen LogP contribution in [0, 0.1) is 5.92 Å². The van der Waals surface area contributed by atoms with Crippen LogP contribution in [0.5, 0.6) is 0 Å². The minimum Gasteiger partial charge on any atom is -0.330 e. The van der Waals surface area contributed by atoms with Gasteiger partial charge in [-0.2, -0.15) is 5.10 Å². The van der Waals surface area contributed by atoms with Gasteiger partial charge in [0, 0.05) is 19.3 Å². The summed E-state index contributed by atoms with van der Waals surface area (Å²) in [7, 11) is 0. The predicted molar refractivity (Wildman–Crippen MR) is 76.8 cm³/mol. The zero-order chi connectivity index (χ0) is 13.1. The molecule has 0 aromatic carbocycles. The quantitative estimate of drug-likeness (QED) is 0.904. The van der Waals surface area contributed by atoms with Crippen molar-refractivity contribution in [3.8, 4) is 0 Å². The third-order valence-corrected chi connectivity index (χ3v) is 4.68. The summed E-state index contributed by atoms with van der Waals surface area (Å²) in [6.07, 6.45) is 10.1. The maximum atomic E-state index is 5.80. The Hall–Kier alpha value is -0.870. The molecular weight excluding hydrogens is 236 g/mol. The molecule has 1 saturated carbocycles. The van der Waals surface area contributed by atoms with E-state index < -0.39 is 0 Å². The molecule has 1 saturated heterocycles. The Morgan fingerprint density at radius 1 is 1.21 bits per heavy atom. The highest BCUT2D eigenvalue weighted by atomic mass is 15.3. The van der Waals surface area contributed by atoms with Gasteiger partial charge in [0.2, 0.25) is 0 Å². The van der Waals surface area contributed by atoms with Gasteiger partial charge in [0.1, 0.15) is 0 Å². The predicted octanol–water partition coefficient (Wildman–Crippen LogP) is 2.17. The van der Waals surface area contributed by atoms with E-state index in [0.29, 0.717) is 12.0 Å². The summed E-state index contributed by atoms with van der Waals surface area (Å²) in [5.41, 5.74) is 7.03. The average Bonchev–Trinajstić information content (AvgIpc) is 3.09. The Kier molecular flexibility index (Phi) is 4.18. The molecule has 1 aromatic heterocycles. The molecule has 1 unspecified atom stereocenters. The van der Waals surface area contributed by atoms with Crippen LogP contribution in [0.15, 0.2) is 12.3 Å². The Labute approximate surface area is 116 Å². The molecular formula is C15H26N4. The van der Waals surface area contributed by atoms with Crippen molar-refractivity contribution >= 4 is 0 Å². The highest BCUT2D eigenvalue weighted by Gasteiger charge is 2.21. The number of nitrogens with two attached hydrogens (primary N) is 1. The lowest BCUT2D eigenvalue weighted by molar-refractivity contribution is 0.168. The fourth-order valence-electron chi connectivity index (χ4n) is 3.55. The molecule has 2 fully saturated rings. The van der Waals surface area contributed by atoms with E-state index >= 15 is 0 Å². The lowest BCUT2D eigenvalue weighted by atomic mass is 9.98. The van der Waals surface area contributed by atoms with Crippen LogP contribution >= 0.6 is 0 Å². The molecule has 4 heteroatoms. The molecule has 2 aliphatic rings. The van der Waals surface area contributed by atoms with Crippen molar-refractivity contribution in [2.24, 2.45) is 11.7 Å². The molecule has 4 nitrogen and oxygen atoms in total. The van der Waals surface area contributed by atoms with E-state index in [-0.39, 0.29) is 0 Å². The van der Waals surface area contributed by atoms with Crippen molar-refractivity contribution in [3.63, 3.8) is 0 Å². The molecule has 19 heavy (non-hydrogen) atoms. The van der Waals surface area contributed by atoms with E-state index in [9.17, 15) is 0 Å². The molecule has 1 aliphatic carbocycles. The highest BCUT2D eigenvalue weighted by Crippen LogP contribution is 2.28. The summed E-state index contributed by atoms with van der Waals surface area (Å²) in [5, 5.41) is 4.78. The summed E-state index contributed by atoms with van der Waals surface area (Å²) in [6, 6.07) is 2.86. The Balaban J connectivity index is 1.57. The van der Waals surface area contributed by atoms with Crippen molar-refractivity contribution in [1.29, 1.82) is 0 Å². The Morgan fingerprint density at radius 3 is 2.84 bits per heavy atom. The number of piperidine rings is 1. The van der Waals surface area contributed by atoms with E-state index in [4.69, 9.17) is 10.8 Å². The van der Waals surface area contributed by atoms with Gasteiger partial charge in [-0.3, -0.25) is 9.58 Å². The van der Waals surface area contributed by atoms with Crippen LogP contribution in [-0.2, 0) is 6.54 Å². The molecule has 3 rings (SSSR count). The monoisotopic (exact) mass is 262 g/mol. The fraction of sp³-hybridized carbons (Fsp3) is 0.800. The molecule has 1 aliphatic heterocycles. The second-order valence-corrected chi connectivity index (χ2v) is 6.20. The summed E-state index contributed by atoms with van der Waals surface area (Å²) in [5.74, 6) is 0.686. The van der Waals surface area contributed by atoms with Crippen LogP contribution < -0.4 is 5.73 Å². The minimum atomic E-state index is 0.659. The van der Waals surface area contributed by atoms with Crippen LogP contribution in [0.1, 0.15) is 50.3 Å². The summed E-state index contributed by atoms with van der Waals surface area (Å²) >= 11 is 0. The van der Waals surface area contributed by atoms with Gasteiger partial charge in [0.15, 0.2) is 0 Å². The van der Waals surface area contributed by atoms with Crippen LogP contribution in [0.2, 0.25) is 0 Å². The first-order chi connectivity index (χ1) is 9.35. The van der Waals surface area contributed by atoms with Crippen LogP contribution in [0.25, 0.3) is 0 Å². The second kappa shape index (κ2) is 6.06. The number of aromatic nitrogens is 2. The van der Waals surface area contributed by atoms with Crippen molar-refractivity contribution < 1.29 is 0 Å². The lowest BCUT2D eigenvalue weighted by Gasteiger charge is -2.31. The van der Waals surface area contributed by atoms with E-state index in [1.54, 1.807) is 0 Å². The third-order valence-electron chi connectivity index (χ3n) is 4.68. The van der Waals surface area contributed by atoms with Crippen molar-refractivity contribution in [1.82, 2.24) is 14.7 Å². The summed E-state index contributed by atoms with van der Waals surface area (Å²) < 4.78 is 2.20. The van der Waals surface area contributed by atoms with Gasteiger partial charge >= 0.3 is 0 Å². The highest BCUT2D eigenvalue weighted by molar-refractivity contribution is 5.00. The maximum Gasteiger partial charge on any atom is 0.0764 e. The molecule has 106 valence electrons. The van der Waals surface area contributed by atoms with Gasteiger partial charge < -0.3 is 5.73 Å². The Morgan fingerprint density at radius 2 is 2.05 bits per heavy atom. The van der Waals surface area contributed by atoms with Gasteiger partial charge in [-0.05, 0) is 50.8 Å². The number of likely N-dealkylation sites (tertiary alicyclic amines) is 1. The minimum absolute atomic E-state index is 0.659. The SMILES string of the molecule is NCC1CCCN(Cc2ccn(C3CCCC3)n2)C1. The first-order valence-electron chi connectivity index (χ1n) is 7.81. The Bertz CT molecular complexity index is 395. The van der Waals surface area contributed by atoms with Crippen LogP contribution in [0.3, 0.4) is 0 Å². The molecule has 0 radical (unpaired) electrons. The first-order valence-corrected chi connectivity index (χ1v) is 7.81. The molecule has 0 amide bonds. The smallest absolute Gasteiger partial charge is 0.0764 e. The zero-order valence-electron chi connectivity index (χ0n) is 11.8. The molecule has 2 heterocycles. The van der Waals surface area contributed by atoms with Crippen molar-refractivity contribution in [3.05, 3.63) is 18.0 Å². The third kappa shape index (κ3) is 3.18. The number of nitrogens with zero attached hydrogens (tertiary/aromatic N) is 3. The first kappa shape index (κ1) is 13.1. The number of hydrogen-bond donors (Lipinski definition) is 1. The van der Waals surface area contributed by atoms with Crippen molar-refractivity contribution in [2.45, 2.75) is 51.1 Å². The van der Waals surface area contributed by atoms with Gasteiger partial charge in [-0.15, -0.1) is 0 Å². The largest absolute Gasteiger partial charge is 0.330 e. The van der Waals surface area contributed by atoms with E-state index in [1.807, 2.05) is 0 Å². The van der Waals surface area contributed by atoms with Gasteiger partial charge in [-0.1, -0.05) is 12.8 Å². The second-order valence-electron chi connectivity index (χ2n) is 6.20. The summed E-state index contributed by atoms with van der Waals surface area (Å²) in [4.78, 5) is 2.52. The molecule has 0 spiro atoms. The summed E-state index contributed by atoms with van der Waals surface area (Å²) in [6.45, 7) is 4.17. The van der Waals surface area contributed by atoms with Gasteiger partial charge in [0.05, 0.1) is 11.7 Å². The molecule has 1 atom stereocenters. The number of hydrogen-bond acceptors (Lipinski definition) is 3.